The summed E-state index contributed by atoms with van der Waals surface area (Å²) < 4.78 is 5.13. The van der Waals surface area contributed by atoms with Crippen LogP contribution < -0.4 is 5.32 Å². The van der Waals surface area contributed by atoms with Crippen LogP contribution in [0.15, 0.2) is 24.3 Å². The van der Waals surface area contributed by atoms with Crippen LogP contribution in [0.25, 0.3) is 0 Å². The summed E-state index contributed by atoms with van der Waals surface area (Å²) in [5.41, 5.74) is 1.84. The van der Waals surface area contributed by atoms with E-state index in [4.69, 9.17) is 4.74 Å². The fraction of sp³-hybridized carbons (Fsp3) is 0.571. The van der Waals surface area contributed by atoms with Crippen LogP contribution in [0.4, 0.5) is 0 Å². The van der Waals surface area contributed by atoms with Gasteiger partial charge in [-0.3, -0.25) is 0 Å². The minimum absolute atomic E-state index is 0.531. The van der Waals surface area contributed by atoms with Gasteiger partial charge in [0.25, 0.3) is 0 Å². The average Bonchev–Trinajstić information content (AvgIpc) is 2.30. The van der Waals surface area contributed by atoms with Crippen LogP contribution in [0.3, 0.4) is 0 Å². The Balaban J connectivity index is 2.04. The molecular weight excluding hydrogens is 214 g/mol. The first-order valence-corrected chi connectivity index (χ1v) is 6.22. The second-order valence-electron chi connectivity index (χ2n) is 4.90. The van der Waals surface area contributed by atoms with E-state index in [2.05, 4.69) is 23.5 Å². The molecule has 0 spiro atoms. The standard InChI is InChI=1S/C14H21NO2/c1-17-11-13-4-2-3-12(9-13)10-14(16)5-7-15-8-6-14/h2-4,9,15-16H,5-8,10-11H2,1H3. The largest absolute Gasteiger partial charge is 0.389 e. The predicted molar refractivity (Wildman–Crippen MR) is 67.9 cm³/mol. The van der Waals surface area contributed by atoms with Gasteiger partial charge < -0.3 is 15.2 Å². The highest BCUT2D eigenvalue weighted by Gasteiger charge is 2.29. The lowest BCUT2D eigenvalue weighted by Gasteiger charge is -2.32. The van der Waals surface area contributed by atoms with Crippen molar-refractivity contribution in [3.05, 3.63) is 35.4 Å². The van der Waals surface area contributed by atoms with Crippen molar-refractivity contribution in [3.8, 4) is 0 Å². The zero-order valence-corrected chi connectivity index (χ0v) is 10.4. The fourth-order valence-corrected chi connectivity index (χ4v) is 2.44. The van der Waals surface area contributed by atoms with E-state index in [9.17, 15) is 5.11 Å². The number of rotatable bonds is 4. The highest BCUT2D eigenvalue weighted by molar-refractivity contribution is 5.24. The molecule has 0 radical (unpaired) electrons. The Kier molecular flexibility index (Phi) is 4.15. The van der Waals surface area contributed by atoms with Gasteiger partial charge in [-0.05, 0) is 37.1 Å². The number of methoxy groups -OCH3 is 1. The molecule has 0 aromatic heterocycles. The van der Waals surface area contributed by atoms with Crippen LogP contribution in [0.2, 0.25) is 0 Å². The quantitative estimate of drug-likeness (QED) is 0.831. The van der Waals surface area contributed by atoms with Gasteiger partial charge >= 0.3 is 0 Å². The van der Waals surface area contributed by atoms with Crippen LogP contribution in [-0.4, -0.2) is 30.9 Å². The Morgan fingerprint density at radius 1 is 1.29 bits per heavy atom. The van der Waals surface area contributed by atoms with Gasteiger partial charge in [0.2, 0.25) is 0 Å². The molecule has 1 heterocycles. The molecule has 0 bridgehead atoms. The van der Waals surface area contributed by atoms with E-state index >= 15 is 0 Å². The van der Waals surface area contributed by atoms with Crippen LogP contribution in [0.1, 0.15) is 24.0 Å². The highest BCUT2D eigenvalue weighted by atomic mass is 16.5. The summed E-state index contributed by atoms with van der Waals surface area (Å²) in [5.74, 6) is 0. The summed E-state index contributed by atoms with van der Waals surface area (Å²) in [6.45, 7) is 2.45. The molecule has 1 aromatic rings. The SMILES string of the molecule is COCc1cccc(CC2(O)CCNCC2)c1. The molecule has 2 N–H and O–H groups in total. The van der Waals surface area contributed by atoms with Gasteiger partial charge in [-0.2, -0.15) is 0 Å². The maximum Gasteiger partial charge on any atom is 0.0713 e. The van der Waals surface area contributed by atoms with E-state index in [1.54, 1.807) is 7.11 Å². The minimum Gasteiger partial charge on any atom is -0.389 e. The minimum atomic E-state index is -0.531. The third-order valence-electron chi connectivity index (χ3n) is 3.37. The molecule has 1 fully saturated rings. The van der Waals surface area contributed by atoms with Gasteiger partial charge in [0.1, 0.15) is 0 Å². The maximum atomic E-state index is 10.5. The van der Waals surface area contributed by atoms with E-state index in [1.807, 2.05) is 6.07 Å². The molecule has 1 aliphatic heterocycles. The first-order valence-electron chi connectivity index (χ1n) is 6.22. The summed E-state index contributed by atoms with van der Waals surface area (Å²) in [7, 11) is 1.70. The van der Waals surface area contributed by atoms with Crippen LogP contribution >= 0.6 is 0 Å². The lowest BCUT2D eigenvalue weighted by Crippen LogP contribution is -2.43. The Labute approximate surface area is 103 Å². The van der Waals surface area contributed by atoms with Gasteiger partial charge in [-0.1, -0.05) is 24.3 Å². The fourth-order valence-electron chi connectivity index (χ4n) is 2.44. The van der Waals surface area contributed by atoms with E-state index < -0.39 is 5.60 Å². The molecule has 2 rings (SSSR count). The molecule has 3 nitrogen and oxygen atoms in total. The first-order chi connectivity index (χ1) is 8.22. The second kappa shape index (κ2) is 5.63. The van der Waals surface area contributed by atoms with Gasteiger partial charge in [-0.15, -0.1) is 0 Å². The lowest BCUT2D eigenvalue weighted by atomic mass is 9.86. The van der Waals surface area contributed by atoms with Gasteiger partial charge in [0.15, 0.2) is 0 Å². The monoisotopic (exact) mass is 235 g/mol. The number of nitrogens with one attached hydrogen (secondary N) is 1. The van der Waals surface area contributed by atoms with Crippen molar-refractivity contribution in [1.82, 2.24) is 5.32 Å². The number of benzene rings is 1. The molecule has 0 atom stereocenters. The average molecular weight is 235 g/mol. The molecule has 1 aromatic carbocycles. The zero-order valence-electron chi connectivity index (χ0n) is 10.4. The van der Waals surface area contributed by atoms with Crippen molar-refractivity contribution in [3.63, 3.8) is 0 Å². The first kappa shape index (κ1) is 12.6. The summed E-state index contributed by atoms with van der Waals surface area (Å²) in [4.78, 5) is 0. The molecule has 1 saturated heterocycles. The van der Waals surface area contributed by atoms with Gasteiger partial charge in [-0.25, -0.2) is 0 Å². The molecule has 17 heavy (non-hydrogen) atoms. The Morgan fingerprint density at radius 3 is 2.71 bits per heavy atom. The van der Waals surface area contributed by atoms with Gasteiger partial charge in [0, 0.05) is 13.5 Å². The highest BCUT2D eigenvalue weighted by Crippen LogP contribution is 2.23. The predicted octanol–water partition coefficient (Wildman–Crippen LogP) is 1.49. The molecular formula is C14H21NO2. The third kappa shape index (κ3) is 3.53. The van der Waals surface area contributed by atoms with Crippen molar-refractivity contribution in [2.45, 2.75) is 31.5 Å². The van der Waals surface area contributed by atoms with Crippen molar-refractivity contribution < 1.29 is 9.84 Å². The van der Waals surface area contributed by atoms with Crippen LogP contribution in [0, 0.1) is 0 Å². The lowest BCUT2D eigenvalue weighted by molar-refractivity contribution is 0.0108. The Bertz CT molecular complexity index is 359. The van der Waals surface area contributed by atoms with Crippen molar-refractivity contribution in [1.29, 1.82) is 0 Å². The third-order valence-corrected chi connectivity index (χ3v) is 3.37. The van der Waals surface area contributed by atoms with E-state index in [0.29, 0.717) is 6.61 Å². The Morgan fingerprint density at radius 2 is 2.00 bits per heavy atom. The summed E-state index contributed by atoms with van der Waals surface area (Å²) in [5, 5.41) is 13.8. The molecule has 3 heteroatoms. The second-order valence-corrected chi connectivity index (χ2v) is 4.90. The summed E-state index contributed by atoms with van der Waals surface area (Å²) in [6.07, 6.45) is 2.41. The van der Waals surface area contributed by atoms with E-state index in [0.717, 1.165) is 32.4 Å². The van der Waals surface area contributed by atoms with Crippen LogP contribution in [0.5, 0.6) is 0 Å². The molecule has 0 amide bonds. The summed E-state index contributed by atoms with van der Waals surface area (Å²) in [6, 6.07) is 8.30. The van der Waals surface area contributed by atoms with E-state index in [1.165, 1.54) is 11.1 Å². The maximum absolute atomic E-state index is 10.5. The van der Waals surface area contributed by atoms with Crippen molar-refractivity contribution in [2.24, 2.45) is 0 Å². The molecule has 0 unspecified atom stereocenters. The smallest absolute Gasteiger partial charge is 0.0713 e. The van der Waals surface area contributed by atoms with Crippen molar-refractivity contribution in [2.75, 3.05) is 20.2 Å². The van der Waals surface area contributed by atoms with Crippen molar-refractivity contribution >= 4 is 0 Å². The number of ether oxygens (including phenoxy) is 1. The van der Waals surface area contributed by atoms with Gasteiger partial charge in [0.05, 0.1) is 12.2 Å². The number of hydrogen-bond donors (Lipinski definition) is 2. The Hall–Kier alpha value is -0.900. The van der Waals surface area contributed by atoms with E-state index in [-0.39, 0.29) is 0 Å². The number of hydrogen-bond acceptors (Lipinski definition) is 3. The molecule has 0 saturated carbocycles. The molecule has 1 aliphatic rings. The zero-order chi connectivity index (χ0) is 12.1. The molecule has 0 aliphatic carbocycles. The summed E-state index contributed by atoms with van der Waals surface area (Å²) >= 11 is 0. The topological polar surface area (TPSA) is 41.5 Å². The number of aliphatic hydroxyl groups is 1. The van der Waals surface area contributed by atoms with Crippen LogP contribution in [-0.2, 0) is 17.8 Å². The number of piperidine rings is 1. The normalized spacial score (nSPS) is 19.2. The molecule has 94 valence electrons.